The quantitative estimate of drug-likeness (QED) is 0.780. The van der Waals surface area contributed by atoms with Gasteiger partial charge in [-0.15, -0.1) is 0 Å². The number of anilines is 2. The van der Waals surface area contributed by atoms with Gasteiger partial charge in [0.05, 0.1) is 5.69 Å². The molecule has 0 saturated carbocycles. The molecule has 112 valence electrons. The number of hydrogen-bond donors (Lipinski definition) is 1. The highest BCUT2D eigenvalue weighted by Crippen LogP contribution is 2.25. The van der Waals surface area contributed by atoms with Crippen molar-refractivity contribution in [2.75, 3.05) is 36.0 Å². The Labute approximate surface area is 129 Å². The Morgan fingerprint density at radius 3 is 2.45 bits per heavy atom. The smallest absolute Gasteiger partial charge is 0.146 e. The van der Waals surface area contributed by atoms with Crippen molar-refractivity contribution < 1.29 is 4.39 Å². The average Bonchev–Trinajstić information content (AvgIpc) is 3.03. The topological polar surface area (TPSA) is 22.3 Å². The minimum Gasteiger partial charge on any atom is -0.368 e. The minimum atomic E-state index is -0.135. The van der Waals surface area contributed by atoms with E-state index in [1.165, 1.54) is 17.1 Å². The number of fused-ring (bicyclic) bond motifs is 1. The Kier molecular flexibility index (Phi) is 3.22. The second kappa shape index (κ2) is 5.37. The van der Waals surface area contributed by atoms with Crippen LogP contribution in [0, 0.1) is 5.82 Å². The summed E-state index contributed by atoms with van der Waals surface area (Å²) in [4.78, 5) is 7.71. The molecular weight excluding hydrogens is 277 g/mol. The lowest BCUT2D eigenvalue weighted by molar-refractivity contribution is 0.598. The molecule has 1 N–H and O–H groups in total. The summed E-state index contributed by atoms with van der Waals surface area (Å²) in [7, 11) is 0. The van der Waals surface area contributed by atoms with Crippen LogP contribution < -0.4 is 9.80 Å². The van der Waals surface area contributed by atoms with Crippen LogP contribution in [-0.2, 0) is 0 Å². The molecule has 3 nitrogen and oxygen atoms in total. The third kappa shape index (κ3) is 2.30. The Hall–Kier alpha value is -2.49. The molecule has 0 bridgehead atoms. The molecule has 1 aliphatic rings. The van der Waals surface area contributed by atoms with Crippen molar-refractivity contribution in [2.45, 2.75) is 0 Å². The van der Waals surface area contributed by atoms with Gasteiger partial charge in [-0.05, 0) is 36.4 Å². The Balaban J connectivity index is 1.50. The van der Waals surface area contributed by atoms with Gasteiger partial charge in [0.2, 0.25) is 0 Å². The number of benzene rings is 2. The van der Waals surface area contributed by atoms with Crippen molar-refractivity contribution in [3.8, 4) is 0 Å². The van der Waals surface area contributed by atoms with E-state index in [4.69, 9.17) is 0 Å². The molecule has 2 aromatic carbocycles. The molecule has 0 spiro atoms. The molecule has 2 heterocycles. The number of aromatic amines is 1. The maximum absolute atomic E-state index is 13.9. The van der Waals surface area contributed by atoms with Crippen LogP contribution in [-0.4, -0.2) is 31.2 Å². The zero-order chi connectivity index (χ0) is 14.9. The van der Waals surface area contributed by atoms with Crippen LogP contribution >= 0.6 is 0 Å². The number of hydrogen-bond acceptors (Lipinski definition) is 2. The molecule has 1 fully saturated rings. The normalized spacial score (nSPS) is 15.5. The lowest BCUT2D eigenvalue weighted by Crippen LogP contribution is -2.46. The third-order valence-electron chi connectivity index (χ3n) is 4.37. The van der Waals surface area contributed by atoms with E-state index in [1.54, 1.807) is 6.07 Å². The lowest BCUT2D eigenvalue weighted by atomic mass is 10.2. The molecule has 4 heteroatoms. The maximum atomic E-state index is 13.9. The lowest BCUT2D eigenvalue weighted by Gasteiger charge is -2.37. The molecule has 1 aliphatic heterocycles. The summed E-state index contributed by atoms with van der Waals surface area (Å²) in [5.74, 6) is -0.135. The number of halogens is 1. The number of nitrogens with zero attached hydrogens (tertiary/aromatic N) is 2. The first-order valence-corrected chi connectivity index (χ1v) is 7.63. The summed E-state index contributed by atoms with van der Waals surface area (Å²) in [6, 6.07) is 15.6. The van der Waals surface area contributed by atoms with E-state index in [2.05, 4.69) is 39.0 Å². The van der Waals surface area contributed by atoms with Gasteiger partial charge in [-0.3, -0.25) is 0 Å². The van der Waals surface area contributed by atoms with E-state index < -0.39 is 0 Å². The monoisotopic (exact) mass is 295 g/mol. The van der Waals surface area contributed by atoms with Gasteiger partial charge >= 0.3 is 0 Å². The number of aromatic nitrogens is 1. The number of nitrogens with one attached hydrogen (secondary N) is 1. The summed E-state index contributed by atoms with van der Waals surface area (Å²) >= 11 is 0. The fraction of sp³-hybridized carbons (Fsp3) is 0.222. The van der Waals surface area contributed by atoms with Gasteiger partial charge in [-0.25, -0.2) is 4.39 Å². The first kappa shape index (κ1) is 13.2. The summed E-state index contributed by atoms with van der Waals surface area (Å²) in [6.07, 6.45) is 1.96. The van der Waals surface area contributed by atoms with Gasteiger partial charge in [0.15, 0.2) is 0 Å². The van der Waals surface area contributed by atoms with Gasteiger partial charge < -0.3 is 14.8 Å². The molecule has 4 rings (SSSR count). The van der Waals surface area contributed by atoms with Crippen molar-refractivity contribution in [2.24, 2.45) is 0 Å². The number of para-hydroxylation sites is 1. The van der Waals surface area contributed by atoms with Gasteiger partial charge in [-0.2, -0.15) is 0 Å². The fourth-order valence-electron chi connectivity index (χ4n) is 3.15. The van der Waals surface area contributed by atoms with Crippen LogP contribution in [0.4, 0.5) is 15.8 Å². The second-order valence-electron chi connectivity index (χ2n) is 5.67. The number of rotatable bonds is 2. The third-order valence-corrected chi connectivity index (χ3v) is 4.37. The highest BCUT2D eigenvalue weighted by Gasteiger charge is 2.19. The largest absolute Gasteiger partial charge is 0.368 e. The molecule has 0 unspecified atom stereocenters. The highest BCUT2D eigenvalue weighted by atomic mass is 19.1. The predicted octanol–water partition coefficient (Wildman–Crippen LogP) is 3.63. The molecule has 0 amide bonds. The van der Waals surface area contributed by atoms with Crippen LogP contribution in [0.1, 0.15) is 0 Å². The first-order chi connectivity index (χ1) is 10.8. The summed E-state index contributed by atoms with van der Waals surface area (Å²) < 4.78 is 13.9. The second-order valence-corrected chi connectivity index (χ2v) is 5.67. The average molecular weight is 295 g/mol. The summed E-state index contributed by atoms with van der Waals surface area (Å²) in [5, 5.41) is 1.23. The Morgan fingerprint density at radius 2 is 1.64 bits per heavy atom. The zero-order valence-electron chi connectivity index (χ0n) is 12.3. The van der Waals surface area contributed by atoms with Crippen LogP contribution in [0.2, 0.25) is 0 Å². The van der Waals surface area contributed by atoms with Crippen molar-refractivity contribution in [3.05, 3.63) is 60.5 Å². The molecule has 1 saturated heterocycles. The zero-order valence-corrected chi connectivity index (χ0v) is 12.3. The van der Waals surface area contributed by atoms with Crippen LogP contribution in [0.5, 0.6) is 0 Å². The highest BCUT2D eigenvalue weighted by molar-refractivity contribution is 5.83. The van der Waals surface area contributed by atoms with Gasteiger partial charge in [0, 0.05) is 49.0 Å². The Morgan fingerprint density at radius 1 is 0.864 bits per heavy atom. The van der Waals surface area contributed by atoms with Crippen molar-refractivity contribution >= 4 is 22.3 Å². The van der Waals surface area contributed by atoms with Crippen LogP contribution in [0.15, 0.2) is 54.7 Å². The molecule has 22 heavy (non-hydrogen) atoms. The fourth-order valence-corrected chi connectivity index (χ4v) is 3.15. The van der Waals surface area contributed by atoms with E-state index in [0.29, 0.717) is 5.69 Å². The van der Waals surface area contributed by atoms with Crippen molar-refractivity contribution in [1.82, 2.24) is 4.98 Å². The van der Waals surface area contributed by atoms with E-state index >= 15 is 0 Å². The van der Waals surface area contributed by atoms with Gasteiger partial charge in [0.1, 0.15) is 5.82 Å². The first-order valence-electron chi connectivity index (χ1n) is 7.63. The molecule has 0 radical (unpaired) electrons. The Bertz CT molecular complexity index is 788. The molecule has 0 aliphatic carbocycles. The van der Waals surface area contributed by atoms with E-state index in [0.717, 1.165) is 31.7 Å². The molecular formula is C18H18FN3. The van der Waals surface area contributed by atoms with Crippen LogP contribution in [0.25, 0.3) is 10.9 Å². The maximum Gasteiger partial charge on any atom is 0.146 e. The molecule has 3 aromatic rings. The summed E-state index contributed by atoms with van der Waals surface area (Å²) in [5.41, 5.74) is 3.11. The summed E-state index contributed by atoms with van der Waals surface area (Å²) in [6.45, 7) is 3.49. The van der Waals surface area contributed by atoms with Crippen molar-refractivity contribution in [3.63, 3.8) is 0 Å². The van der Waals surface area contributed by atoms with Crippen molar-refractivity contribution in [1.29, 1.82) is 0 Å². The number of piperazine rings is 1. The molecule has 1 aromatic heterocycles. The van der Waals surface area contributed by atoms with E-state index in [1.807, 2.05) is 18.3 Å². The van der Waals surface area contributed by atoms with Crippen LogP contribution in [0.3, 0.4) is 0 Å². The minimum absolute atomic E-state index is 0.135. The predicted molar refractivity (Wildman–Crippen MR) is 89.1 cm³/mol. The van der Waals surface area contributed by atoms with Gasteiger partial charge in [0.25, 0.3) is 0 Å². The number of H-pyrrole nitrogens is 1. The van der Waals surface area contributed by atoms with Gasteiger partial charge in [-0.1, -0.05) is 12.1 Å². The SMILES string of the molecule is Fc1ccccc1N1CCN(c2ccc3[nH]ccc3c2)CC1. The molecule has 0 atom stereocenters. The van der Waals surface area contributed by atoms with E-state index in [-0.39, 0.29) is 5.82 Å². The van der Waals surface area contributed by atoms with E-state index in [9.17, 15) is 4.39 Å². The standard InChI is InChI=1S/C18H18FN3/c19-16-3-1-2-4-18(16)22-11-9-21(10-12-22)15-5-6-17-14(13-15)7-8-20-17/h1-8,13,20H,9-12H2.